The van der Waals surface area contributed by atoms with Gasteiger partial charge in [-0.3, -0.25) is 4.79 Å². The summed E-state index contributed by atoms with van der Waals surface area (Å²) in [5.74, 6) is 0.769. The fourth-order valence-electron chi connectivity index (χ4n) is 3.47. The van der Waals surface area contributed by atoms with Crippen molar-refractivity contribution < 1.29 is 9.21 Å². The van der Waals surface area contributed by atoms with Crippen molar-refractivity contribution in [2.24, 2.45) is 0 Å². The van der Waals surface area contributed by atoms with Gasteiger partial charge in [-0.2, -0.15) is 0 Å². The van der Waals surface area contributed by atoms with Crippen LogP contribution in [0.3, 0.4) is 0 Å². The predicted molar refractivity (Wildman–Crippen MR) is 128 cm³/mol. The van der Waals surface area contributed by atoms with Gasteiger partial charge in [0.2, 0.25) is 5.89 Å². The van der Waals surface area contributed by atoms with Gasteiger partial charge in [0.1, 0.15) is 10.4 Å². The number of halogens is 1. The first-order chi connectivity index (χ1) is 15.0. The predicted octanol–water partition coefficient (Wildman–Crippen LogP) is 7.74. The summed E-state index contributed by atoms with van der Waals surface area (Å²) in [7, 11) is 0. The summed E-state index contributed by atoms with van der Waals surface area (Å²) in [6.45, 7) is 4.31. The number of fused-ring (bicyclic) bond motifs is 2. The maximum absolute atomic E-state index is 12.7. The average molecular weight is 447 g/mol. The van der Waals surface area contributed by atoms with E-state index in [2.05, 4.69) is 36.3 Å². The van der Waals surface area contributed by atoms with Crippen molar-refractivity contribution in [2.75, 3.05) is 5.32 Å². The number of nitrogens with one attached hydrogen (secondary N) is 1. The molecule has 6 heteroatoms. The van der Waals surface area contributed by atoms with Crippen molar-refractivity contribution in [3.63, 3.8) is 0 Å². The highest BCUT2D eigenvalue weighted by Gasteiger charge is 2.17. The molecule has 0 aliphatic rings. The van der Waals surface area contributed by atoms with E-state index >= 15 is 0 Å². The number of anilines is 1. The topological polar surface area (TPSA) is 55.1 Å². The highest BCUT2D eigenvalue weighted by Crippen LogP contribution is 2.35. The third-order valence-corrected chi connectivity index (χ3v) is 6.88. The van der Waals surface area contributed by atoms with E-state index in [9.17, 15) is 4.79 Å². The number of oxazole rings is 1. The van der Waals surface area contributed by atoms with Crippen LogP contribution < -0.4 is 5.32 Å². The molecule has 1 amide bonds. The monoisotopic (exact) mass is 446 g/mol. The lowest BCUT2D eigenvalue weighted by atomic mass is 10.0. The van der Waals surface area contributed by atoms with E-state index in [1.165, 1.54) is 16.9 Å². The first-order valence-electron chi connectivity index (χ1n) is 9.99. The molecule has 0 radical (unpaired) electrons. The Hall–Kier alpha value is -3.15. The van der Waals surface area contributed by atoms with E-state index in [-0.39, 0.29) is 5.91 Å². The number of hydrogen-bond donors (Lipinski definition) is 1. The van der Waals surface area contributed by atoms with Gasteiger partial charge in [0, 0.05) is 21.3 Å². The maximum Gasteiger partial charge on any atom is 0.267 e. The molecule has 0 spiro atoms. The Morgan fingerprint density at radius 2 is 1.84 bits per heavy atom. The number of nitrogens with zero attached hydrogens (tertiary/aromatic N) is 1. The molecule has 0 unspecified atom stereocenters. The Kier molecular flexibility index (Phi) is 5.00. The zero-order valence-corrected chi connectivity index (χ0v) is 18.6. The second-order valence-electron chi connectivity index (χ2n) is 7.67. The Balaban J connectivity index is 1.38. The molecule has 0 saturated heterocycles. The molecular weight excluding hydrogens is 428 g/mol. The Morgan fingerprint density at radius 3 is 2.58 bits per heavy atom. The van der Waals surface area contributed by atoms with Gasteiger partial charge < -0.3 is 9.73 Å². The van der Waals surface area contributed by atoms with Crippen LogP contribution in [0.5, 0.6) is 0 Å². The number of amides is 1. The highest BCUT2D eigenvalue weighted by molar-refractivity contribution is 7.21. The summed E-state index contributed by atoms with van der Waals surface area (Å²) >= 11 is 7.81. The number of carbonyl (C=O) groups is 1. The van der Waals surface area contributed by atoms with Crippen LogP contribution in [-0.2, 0) is 0 Å². The molecule has 3 aromatic carbocycles. The summed E-state index contributed by atoms with van der Waals surface area (Å²) in [6.07, 6.45) is 0. The molecule has 0 aliphatic heterocycles. The van der Waals surface area contributed by atoms with E-state index in [0.717, 1.165) is 26.7 Å². The van der Waals surface area contributed by atoms with Gasteiger partial charge >= 0.3 is 0 Å². The molecule has 154 valence electrons. The lowest BCUT2D eigenvalue weighted by Crippen LogP contribution is -2.10. The summed E-state index contributed by atoms with van der Waals surface area (Å²) in [5, 5.41) is 4.30. The van der Waals surface area contributed by atoms with Crippen molar-refractivity contribution in [2.45, 2.75) is 19.8 Å². The van der Waals surface area contributed by atoms with E-state index < -0.39 is 0 Å². The molecule has 0 atom stereocenters. The van der Waals surface area contributed by atoms with Crippen molar-refractivity contribution >= 4 is 55.7 Å². The maximum atomic E-state index is 12.7. The third-order valence-electron chi connectivity index (χ3n) is 5.21. The molecule has 5 rings (SSSR count). The number of hydrogen-bond acceptors (Lipinski definition) is 4. The lowest BCUT2D eigenvalue weighted by Gasteiger charge is -2.04. The summed E-state index contributed by atoms with van der Waals surface area (Å²) in [5.41, 5.74) is 4.36. The normalized spacial score (nSPS) is 11.5. The fourth-order valence-corrected chi connectivity index (χ4v) is 4.88. The SMILES string of the molecule is CC(C)c1ccc2oc(-c3ccc(NC(=O)c4sc5ccccc5c4Cl)cc3)nc2c1. The highest BCUT2D eigenvalue weighted by atomic mass is 35.5. The van der Waals surface area contributed by atoms with Gasteiger partial charge in [0.25, 0.3) is 5.91 Å². The average Bonchev–Trinajstić information content (AvgIpc) is 3.35. The minimum atomic E-state index is -0.220. The number of carbonyl (C=O) groups excluding carboxylic acids is 1. The summed E-state index contributed by atoms with van der Waals surface area (Å²) in [4.78, 5) is 17.9. The van der Waals surface area contributed by atoms with Gasteiger partial charge in [-0.1, -0.05) is 49.7 Å². The third kappa shape index (κ3) is 3.71. The quantitative estimate of drug-likeness (QED) is 0.307. The minimum absolute atomic E-state index is 0.220. The molecule has 0 aliphatic carbocycles. The second kappa shape index (κ2) is 7.84. The summed E-state index contributed by atoms with van der Waals surface area (Å²) < 4.78 is 6.90. The minimum Gasteiger partial charge on any atom is -0.436 e. The van der Waals surface area contributed by atoms with E-state index in [1.807, 2.05) is 54.6 Å². The van der Waals surface area contributed by atoms with Crippen molar-refractivity contribution in [3.05, 3.63) is 82.2 Å². The lowest BCUT2D eigenvalue weighted by molar-refractivity contribution is 0.103. The van der Waals surface area contributed by atoms with Gasteiger partial charge in [0.05, 0.1) is 5.02 Å². The Bertz CT molecular complexity index is 1420. The second-order valence-corrected chi connectivity index (χ2v) is 9.10. The van der Waals surface area contributed by atoms with E-state index in [4.69, 9.17) is 16.0 Å². The van der Waals surface area contributed by atoms with E-state index in [0.29, 0.717) is 27.4 Å². The molecule has 2 aromatic heterocycles. The van der Waals surface area contributed by atoms with Gasteiger partial charge in [-0.25, -0.2) is 4.98 Å². The standard InChI is InChI=1S/C25H19ClN2O2S/c1-14(2)16-9-12-20-19(13-16)28-25(30-20)15-7-10-17(11-8-15)27-24(29)23-22(26)18-5-3-4-6-21(18)31-23/h3-14H,1-2H3,(H,27,29). The molecule has 1 N–H and O–H groups in total. The zero-order valence-electron chi connectivity index (χ0n) is 17.0. The van der Waals surface area contributed by atoms with Crippen LogP contribution in [0.4, 0.5) is 5.69 Å². The molecule has 0 fully saturated rings. The van der Waals surface area contributed by atoms with Crippen LogP contribution in [0.25, 0.3) is 32.6 Å². The van der Waals surface area contributed by atoms with Gasteiger partial charge in [-0.15, -0.1) is 11.3 Å². The molecule has 0 saturated carbocycles. The van der Waals surface area contributed by atoms with Crippen molar-refractivity contribution in [3.8, 4) is 11.5 Å². The number of benzene rings is 3. The van der Waals surface area contributed by atoms with Gasteiger partial charge in [0.15, 0.2) is 5.58 Å². The largest absolute Gasteiger partial charge is 0.436 e. The zero-order chi connectivity index (χ0) is 21.5. The van der Waals surface area contributed by atoms with Crippen LogP contribution >= 0.6 is 22.9 Å². The van der Waals surface area contributed by atoms with E-state index in [1.54, 1.807) is 0 Å². The first kappa shape index (κ1) is 19.8. The molecule has 31 heavy (non-hydrogen) atoms. The molecule has 5 aromatic rings. The Morgan fingerprint density at radius 1 is 1.06 bits per heavy atom. The number of aromatic nitrogens is 1. The molecule has 0 bridgehead atoms. The van der Waals surface area contributed by atoms with Crippen LogP contribution in [-0.4, -0.2) is 10.9 Å². The smallest absolute Gasteiger partial charge is 0.267 e. The van der Waals surface area contributed by atoms with Crippen LogP contribution in [0.1, 0.15) is 35.0 Å². The fraction of sp³-hybridized carbons (Fsp3) is 0.120. The molecular formula is C25H19ClN2O2S. The van der Waals surface area contributed by atoms with Crippen LogP contribution in [0.2, 0.25) is 5.02 Å². The molecule has 4 nitrogen and oxygen atoms in total. The van der Waals surface area contributed by atoms with Crippen LogP contribution in [0, 0.1) is 0 Å². The van der Waals surface area contributed by atoms with Crippen LogP contribution in [0.15, 0.2) is 71.1 Å². The Labute approximate surface area is 188 Å². The summed E-state index contributed by atoms with van der Waals surface area (Å²) in [6, 6.07) is 21.3. The van der Waals surface area contributed by atoms with Gasteiger partial charge in [-0.05, 0) is 53.9 Å². The number of thiophene rings is 1. The van der Waals surface area contributed by atoms with Crippen molar-refractivity contribution in [1.82, 2.24) is 4.98 Å². The first-order valence-corrected chi connectivity index (χ1v) is 11.2. The van der Waals surface area contributed by atoms with Crippen molar-refractivity contribution in [1.29, 1.82) is 0 Å². The molecule has 2 heterocycles. The number of rotatable bonds is 4.